The number of carbonyl (C=O) groups excluding carboxylic acids is 2. The van der Waals surface area contributed by atoms with Gasteiger partial charge in [-0.25, -0.2) is 8.42 Å². The molecule has 4 rings (SSSR count). The second kappa shape index (κ2) is 13.4. The molecule has 1 aliphatic rings. The van der Waals surface area contributed by atoms with Gasteiger partial charge in [0.15, 0.2) is 0 Å². The third-order valence-electron chi connectivity index (χ3n) is 6.86. The minimum absolute atomic E-state index is 0.00413. The van der Waals surface area contributed by atoms with E-state index < -0.39 is 28.5 Å². The summed E-state index contributed by atoms with van der Waals surface area (Å²) < 4.78 is 29.5. The lowest BCUT2D eigenvalue weighted by Gasteiger charge is -2.32. The van der Waals surface area contributed by atoms with Crippen LogP contribution in [-0.4, -0.2) is 43.8 Å². The first-order valence-electron chi connectivity index (χ1n) is 12.9. The molecular weight excluding hydrogens is 637 g/mol. The number of rotatable bonds is 10. The van der Waals surface area contributed by atoms with Crippen LogP contribution in [0, 0.1) is 0 Å². The number of hydrogen-bond acceptors (Lipinski definition) is 4. The Morgan fingerprint density at radius 2 is 1.62 bits per heavy atom. The van der Waals surface area contributed by atoms with Crippen LogP contribution in [-0.2, 0) is 26.2 Å². The molecule has 0 bridgehead atoms. The van der Waals surface area contributed by atoms with E-state index >= 15 is 0 Å². The SMILES string of the molecule is C[C@H](C(=O)NC1CCCC1)N(Cc1cccc(Br)c1)C(=O)CN(c1cc(Cl)cc(Cl)c1)S(=O)(=O)c1ccccc1. The number of nitrogens with one attached hydrogen (secondary N) is 1. The highest BCUT2D eigenvalue weighted by Gasteiger charge is 2.33. The summed E-state index contributed by atoms with van der Waals surface area (Å²) in [5, 5.41) is 3.50. The van der Waals surface area contributed by atoms with Gasteiger partial charge in [-0.05, 0) is 67.8 Å². The van der Waals surface area contributed by atoms with Crippen LogP contribution in [0.15, 0.2) is 82.2 Å². The van der Waals surface area contributed by atoms with Crippen molar-refractivity contribution < 1.29 is 18.0 Å². The van der Waals surface area contributed by atoms with Gasteiger partial charge < -0.3 is 10.2 Å². The summed E-state index contributed by atoms with van der Waals surface area (Å²) in [6.07, 6.45) is 3.90. The highest BCUT2D eigenvalue weighted by Crippen LogP contribution is 2.30. The number of amides is 2. The predicted octanol–water partition coefficient (Wildman–Crippen LogP) is 6.43. The Labute approximate surface area is 253 Å². The molecule has 3 aromatic carbocycles. The van der Waals surface area contributed by atoms with E-state index in [2.05, 4.69) is 21.2 Å². The van der Waals surface area contributed by atoms with Crippen molar-refractivity contribution in [1.29, 1.82) is 0 Å². The zero-order chi connectivity index (χ0) is 28.9. The summed E-state index contributed by atoms with van der Waals surface area (Å²) in [5.41, 5.74) is 0.923. The van der Waals surface area contributed by atoms with Crippen LogP contribution >= 0.6 is 39.1 Å². The van der Waals surface area contributed by atoms with Crippen molar-refractivity contribution in [3.8, 4) is 0 Å². The highest BCUT2D eigenvalue weighted by molar-refractivity contribution is 9.10. The van der Waals surface area contributed by atoms with Crippen molar-refractivity contribution in [3.05, 3.63) is 92.9 Å². The van der Waals surface area contributed by atoms with Gasteiger partial charge in [0.1, 0.15) is 12.6 Å². The monoisotopic (exact) mass is 665 g/mol. The highest BCUT2D eigenvalue weighted by atomic mass is 79.9. The fourth-order valence-electron chi connectivity index (χ4n) is 4.74. The standard InChI is InChI=1S/C29H30BrCl2N3O4S/c1-20(29(37)33-25-10-5-6-11-25)34(18-21-8-7-9-22(30)14-21)28(36)19-35(26-16-23(31)15-24(32)17-26)40(38,39)27-12-3-2-4-13-27/h2-4,7-9,12-17,20,25H,5-6,10-11,18-19H2,1H3,(H,33,37)/t20-/m1/s1. The van der Waals surface area contributed by atoms with Gasteiger partial charge in [-0.1, -0.05) is 82.3 Å². The lowest BCUT2D eigenvalue weighted by molar-refractivity contribution is -0.139. The molecular formula is C29H30BrCl2N3O4S. The zero-order valence-electron chi connectivity index (χ0n) is 21.9. The molecule has 1 N–H and O–H groups in total. The van der Waals surface area contributed by atoms with Crippen LogP contribution in [0.2, 0.25) is 10.0 Å². The Kier molecular flexibility index (Phi) is 10.2. The lowest BCUT2D eigenvalue weighted by Crippen LogP contribution is -2.52. The Hall–Kier alpha value is -2.59. The molecule has 0 heterocycles. The first kappa shape index (κ1) is 30.4. The molecule has 40 heavy (non-hydrogen) atoms. The molecule has 11 heteroatoms. The minimum Gasteiger partial charge on any atom is -0.352 e. The molecule has 0 radical (unpaired) electrons. The number of sulfonamides is 1. The van der Waals surface area contributed by atoms with E-state index in [0.717, 1.165) is 40.0 Å². The van der Waals surface area contributed by atoms with Crippen molar-refractivity contribution in [1.82, 2.24) is 10.2 Å². The van der Waals surface area contributed by atoms with E-state index in [9.17, 15) is 18.0 Å². The summed E-state index contributed by atoms with van der Waals surface area (Å²) in [6.45, 7) is 1.20. The van der Waals surface area contributed by atoms with Crippen LogP contribution in [0.1, 0.15) is 38.2 Å². The number of anilines is 1. The fraction of sp³-hybridized carbons (Fsp3) is 0.310. The molecule has 1 saturated carbocycles. The molecule has 7 nitrogen and oxygen atoms in total. The molecule has 1 atom stereocenters. The molecule has 0 spiro atoms. The van der Waals surface area contributed by atoms with Gasteiger partial charge in [0.05, 0.1) is 10.6 Å². The van der Waals surface area contributed by atoms with Crippen LogP contribution < -0.4 is 9.62 Å². The van der Waals surface area contributed by atoms with Crippen molar-refractivity contribution >= 4 is 66.7 Å². The third kappa shape index (κ3) is 7.57. The number of carbonyl (C=O) groups is 2. The summed E-state index contributed by atoms with van der Waals surface area (Å²) in [6, 6.07) is 18.8. The number of benzene rings is 3. The Balaban J connectivity index is 1.70. The molecule has 1 fully saturated rings. The van der Waals surface area contributed by atoms with Crippen LogP contribution in [0.4, 0.5) is 5.69 Å². The van der Waals surface area contributed by atoms with E-state index in [1.807, 2.05) is 24.3 Å². The van der Waals surface area contributed by atoms with Crippen molar-refractivity contribution in [2.45, 2.75) is 56.1 Å². The third-order valence-corrected chi connectivity index (χ3v) is 9.57. The molecule has 2 amide bonds. The Morgan fingerprint density at radius 3 is 2.25 bits per heavy atom. The quantitative estimate of drug-likeness (QED) is 0.270. The summed E-state index contributed by atoms with van der Waals surface area (Å²) in [7, 11) is -4.20. The lowest BCUT2D eigenvalue weighted by atomic mass is 10.1. The van der Waals surface area contributed by atoms with Gasteiger partial charge in [-0.15, -0.1) is 0 Å². The summed E-state index contributed by atoms with van der Waals surface area (Å²) in [4.78, 5) is 28.7. The number of halogens is 3. The number of nitrogens with zero attached hydrogens (tertiary/aromatic N) is 2. The van der Waals surface area contributed by atoms with E-state index in [1.165, 1.54) is 35.2 Å². The van der Waals surface area contributed by atoms with Gasteiger partial charge in [-0.3, -0.25) is 13.9 Å². The second-order valence-electron chi connectivity index (χ2n) is 9.77. The maximum Gasteiger partial charge on any atom is 0.264 e. The average molecular weight is 667 g/mol. The average Bonchev–Trinajstić information content (AvgIpc) is 3.42. The maximum absolute atomic E-state index is 14.0. The van der Waals surface area contributed by atoms with Crippen molar-refractivity contribution in [2.24, 2.45) is 0 Å². The van der Waals surface area contributed by atoms with Gasteiger partial charge in [0, 0.05) is 27.1 Å². The summed E-state index contributed by atoms with van der Waals surface area (Å²) in [5.74, 6) is -0.830. The van der Waals surface area contributed by atoms with Gasteiger partial charge in [-0.2, -0.15) is 0 Å². The van der Waals surface area contributed by atoms with Crippen LogP contribution in [0.25, 0.3) is 0 Å². The van der Waals surface area contributed by atoms with E-state index in [4.69, 9.17) is 23.2 Å². The normalized spacial score (nSPS) is 14.5. The largest absolute Gasteiger partial charge is 0.352 e. The smallest absolute Gasteiger partial charge is 0.264 e. The van der Waals surface area contributed by atoms with Crippen LogP contribution in [0.3, 0.4) is 0 Å². The van der Waals surface area contributed by atoms with E-state index in [0.29, 0.717) is 0 Å². The van der Waals surface area contributed by atoms with Crippen molar-refractivity contribution in [3.63, 3.8) is 0 Å². The fourth-order valence-corrected chi connectivity index (χ4v) is 7.12. The maximum atomic E-state index is 14.0. The second-order valence-corrected chi connectivity index (χ2v) is 13.4. The summed E-state index contributed by atoms with van der Waals surface area (Å²) >= 11 is 15.9. The van der Waals surface area contributed by atoms with Crippen molar-refractivity contribution in [2.75, 3.05) is 10.8 Å². The molecule has 0 saturated heterocycles. The topological polar surface area (TPSA) is 86.8 Å². The van der Waals surface area contributed by atoms with E-state index in [-0.39, 0.29) is 39.1 Å². The zero-order valence-corrected chi connectivity index (χ0v) is 25.8. The molecule has 0 unspecified atom stereocenters. The Morgan fingerprint density at radius 1 is 0.975 bits per heavy atom. The molecule has 3 aromatic rings. The minimum atomic E-state index is -4.20. The molecule has 212 valence electrons. The molecule has 0 aliphatic heterocycles. The first-order valence-corrected chi connectivity index (χ1v) is 15.9. The van der Waals surface area contributed by atoms with E-state index in [1.54, 1.807) is 25.1 Å². The first-order chi connectivity index (χ1) is 19.0. The van der Waals surface area contributed by atoms with Gasteiger partial charge >= 0.3 is 0 Å². The number of hydrogen-bond donors (Lipinski definition) is 1. The van der Waals surface area contributed by atoms with Gasteiger partial charge in [0.25, 0.3) is 10.0 Å². The van der Waals surface area contributed by atoms with Crippen LogP contribution in [0.5, 0.6) is 0 Å². The molecule has 0 aromatic heterocycles. The molecule has 1 aliphatic carbocycles. The van der Waals surface area contributed by atoms with Gasteiger partial charge in [0.2, 0.25) is 11.8 Å². The predicted molar refractivity (Wildman–Crippen MR) is 162 cm³/mol. The Bertz CT molecular complexity index is 1450.